The Morgan fingerprint density at radius 2 is 2.26 bits per heavy atom. The molecule has 0 aliphatic heterocycles. The molecule has 0 saturated heterocycles. The highest BCUT2D eigenvalue weighted by molar-refractivity contribution is 6.12. The van der Waals surface area contributed by atoms with Gasteiger partial charge in [0, 0.05) is 17.8 Å². The van der Waals surface area contributed by atoms with Gasteiger partial charge in [0.25, 0.3) is 11.6 Å². The first kappa shape index (κ1) is 13.7. The lowest BCUT2D eigenvalue weighted by Gasteiger charge is -2.08. The molecule has 0 unspecified atom stereocenters. The standard InChI is InChI=1S/C16H14N4O3/c1-8-13-10(15(22)19-14-12(21)3-2-6-17-14)7-11(9-4-5-9)18-16(13)23-20-8/h2-3,6-7,9,21H,4-5H2,1H3,(H,17,19,22). The topological polar surface area (TPSA) is 101 Å². The Bertz CT molecular complexity index is 915. The van der Waals surface area contributed by atoms with Crippen LogP contribution in [0.5, 0.6) is 5.75 Å². The van der Waals surface area contributed by atoms with E-state index in [1.165, 1.54) is 12.3 Å². The van der Waals surface area contributed by atoms with Crippen molar-refractivity contribution in [2.24, 2.45) is 0 Å². The first-order chi connectivity index (χ1) is 11.1. The lowest BCUT2D eigenvalue weighted by molar-refractivity contribution is 0.102. The average Bonchev–Trinajstić information content (AvgIpc) is 3.33. The average molecular weight is 310 g/mol. The Labute approximate surface area is 131 Å². The van der Waals surface area contributed by atoms with Gasteiger partial charge in [-0.05, 0) is 38.0 Å². The molecule has 1 amide bonds. The number of rotatable bonds is 3. The van der Waals surface area contributed by atoms with Crippen LogP contribution in [0, 0.1) is 6.92 Å². The van der Waals surface area contributed by atoms with Crippen LogP contribution in [0.25, 0.3) is 11.1 Å². The summed E-state index contributed by atoms with van der Waals surface area (Å²) in [7, 11) is 0. The summed E-state index contributed by atoms with van der Waals surface area (Å²) in [5, 5.41) is 16.9. The van der Waals surface area contributed by atoms with Crippen LogP contribution >= 0.6 is 0 Å². The van der Waals surface area contributed by atoms with Gasteiger partial charge in [-0.3, -0.25) is 4.79 Å². The van der Waals surface area contributed by atoms with Gasteiger partial charge in [0.2, 0.25) is 0 Å². The molecule has 1 aliphatic carbocycles. The molecular weight excluding hydrogens is 296 g/mol. The lowest BCUT2D eigenvalue weighted by atomic mass is 10.1. The van der Waals surface area contributed by atoms with Crippen molar-refractivity contribution in [3.8, 4) is 5.75 Å². The maximum atomic E-state index is 12.7. The lowest BCUT2D eigenvalue weighted by Crippen LogP contribution is -2.14. The number of aromatic nitrogens is 3. The number of aryl methyl sites for hydroxylation is 1. The van der Waals surface area contributed by atoms with Crippen molar-refractivity contribution in [2.45, 2.75) is 25.7 Å². The summed E-state index contributed by atoms with van der Waals surface area (Å²) in [5.74, 6) is 0.0272. The maximum Gasteiger partial charge on any atom is 0.259 e. The molecule has 116 valence electrons. The number of pyridine rings is 2. The van der Waals surface area contributed by atoms with Crippen LogP contribution in [-0.4, -0.2) is 26.1 Å². The predicted molar refractivity (Wildman–Crippen MR) is 82.4 cm³/mol. The number of amides is 1. The minimum Gasteiger partial charge on any atom is -0.504 e. The highest BCUT2D eigenvalue weighted by atomic mass is 16.5. The van der Waals surface area contributed by atoms with E-state index in [0.717, 1.165) is 18.5 Å². The van der Waals surface area contributed by atoms with E-state index < -0.39 is 0 Å². The second kappa shape index (κ2) is 5.05. The number of aromatic hydroxyl groups is 1. The summed E-state index contributed by atoms with van der Waals surface area (Å²) in [6.07, 6.45) is 3.62. The monoisotopic (exact) mass is 310 g/mol. The molecule has 1 saturated carbocycles. The maximum absolute atomic E-state index is 12.7. The Morgan fingerprint density at radius 3 is 3.00 bits per heavy atom. The van der Waals surface area contributed by atoms with Crippen LogP contribution < -0.4 is 5.32 Å². The van der Waals surface area contributed by atoms with Crippen molar-refractivity contribution in [3.63, 3.8) is 0 Å². The van der Waals surface area contributed by atoms with E-state index in [1.54, 1.807) is 19.1 Å². The molecule has 3 heterocycles. The van der Waals surface area contributed by atoms with E-state index in [9.17, 15) is 9.90 Å². The number of anilines is 1. The van der Waals surface area contributed by atoms with Gasteiger partial charge in [-0.25, -0.2) is 9.97 Å². The molecule has 0 bridgehead atoms. The molecule has 4 rings (SSSR count). The van der Waals surface area contributed by atoms with Crippen LogP contribution in [0.4, 0.5) is 5.82 Å². The van der Waals surface area contributed by atoms with E-state index in [0.29, 0.717) is 28.3 Å². The molecule has 2 N–H and O–H groups in total. The van der Waals surface area contributed by atoms with Crippen molar-refractivity contribution in [3.05, 3.63) is 41.3 Å². The van der Waals surface area contributed by atoms with Crippen LogP contribution in [0.1, 0.15) is 40.5 Å². The van der Waals surface area contributed by atoms with Crippen LogP contribution in [0.15, 0.2) is 28.9 Å². The molecule has 3 aromatic heterocycles. The van der Waals surface area contributed by atoms with Crippen molar-refractivity contribution in [2.75, 3.05) is 5.32 Å². The molecule has 1 fully saturated rings. The molecule has 7 heteroatoms. The van der Waals surface area contributed by atoms with Gasteiger partial charge in [0.05, 0.1) is 16.6 Å². The molecule has 7 nitrogen and oxygen atoms in total. The predicted octanol–water partition coefficient (Wildman–Crippen LogP) is 2.76. The number of nitrogens with zero attached hydrogens (tertiary/aromatic N) is 3. The second-order valence-electron chi connectivity index (χ2n) is 5.64. The molecule has 3 aromatic rings. The van der Waals surface area contributed by atoms with E-state index in [1.807, 2.05) is 0 Å². The van der Waals surface area contributed by atoms with E-state index >= 15 is 0 Å². The van der Waals surface area contributed by atoms with Gasteiger partial charge >= 0.3 is 0 Å². The minimum atomic E-state index is -0.375. The third-order valence-corrected chi connectivity index (χ3v) is 3.90. The molecular formula is C16H14N4O3. The third-order valence-electron chi connectivity index (χ3n) is 3.90. The van der Waals surface area contributed by atoms with E-state index in [2.05, 4.69) is 20.4 Å². The third kappa shape index (κ3) is 2.40. The summed E-state index contributed by atoms with van der Waals surface area (Å²) in [6, 6.07) is 4.83. The number of carbonyl (C=O) groups is 1. The first-order valence-electron chi connectivity index (χ1n) is 7.35. The summed E-state index contributed by atoms with van der Waals surface area (Å²) < 4.78 is 5.23. The zero-order valence-electron chi connectivity index (χ0n) is 12.4. The second-order valence-corrected chi connectivity index (χ2v) is 5.64. The molecule has 1 aliphatic rings. The van der Waals surface area contributed by atoms with Crippen LogP contribution in [0.2, 0.25) is 0 Å². The summed E-state index contributed by atoms with van der Waals surface area (Å²) in [5.41, 5.74) is 2.23. The fraction of sp³-hybridized carbons (Fsp3) is 0.250. The summed E-state index contributed by atoms with van der Waals surface area (Å²) >= 11 is 0. The van der Waals surface area contributed by atoms with Gasteiger partial charge in [-0.15, -0.1) is 0 Å². The molecule has 0 spiro atoms. The van der Waals surface area contributed by atoms with Gasteiger partial charge in [0.15, 0.2) is 11.6 Å². The number of nitrogens with one attached hydrogen (secondary N) is 1. The number of fused-ring (bicyclic) bond motifs is 1. The number of hydrogen-bond acceptors (Lipinski definition) is 6. The van der Waals surface area contributed by atoms with Gasteiger partial charge in [-0.1, -0.05) is 5.16 Å². The minimum absolute atomic E-state index is 0.0874. The van der Waals surface area contributed by atoms with Gasteiger partial charge < -0.3 is 14.9 Å². The van der Waals surface area contributed by atoms with E-state index in [-0.39, 0.29) is 17.5 Å². The zero-order chi connectivity index (χ0) is 16.0. The van der Waals surface area contributed by atoms with Crippen molar-refractivity contribution < 1.29 is 14.4 Å². The normalized spacial score (nSPS) is 14.1. The molecule has 0 radical (unpaired) electrons. The molecule has 23 heavy (non-hydrogen) atoms. The smallest absolute Gasteiger partial charge is 0.259 e. The Balaban J connectivity index is 1.79. The van der Waals surface area contributed by atoms with Gasteiger partial charge in [-0.2, -0.15) is 0 Å². The molecule has 0 atom stereocenters. The van der Waals surface area contributed by atoms with Crippen molar-refractivity contribution in [1.29, 1.82) is 0 Å². The van der Waals surface area contributed by atoms with E-state index in [4.69, 9.17) is 4.52 Å². The number of carbonyl (C=O) groups excluding carboxylic acids is 1. The van der Waals surface area contributed by atoms with Crippen molar-refractivity contribution in [1.82, 2.24) is 15.1 Å². The fourth-order valence-corrected chi connectivity index (χ4v) is 2.55. The van der Waals surface area contributed by atoms with Crippen LogP contribution in [-0.2, 0) is 0 Å². The Kier molecular flexibility index (Phi) is 3.00. The zero-order valence-corrected chi connectivity index (χ0v) is 12.4. The highest BCUT2D eigenvalue weighted by Crippen LogP contribution is 2.40. The Hall–Kier alpha value is -2.96. The SMILES string of the molecule is Cc1noc2nc(C3CC3)cc(C(=O)Nc3ncccc3O)c12. The first-order valence-corrected chi connectivity index (χ1v) is 7.35. The quantitative estimate of drug-likeness (QED) is 0.771. The highest BCUT2D eigenvalue weighted by Gasteiger charge is 2.28. The van der Waals surface area contributed by atoms with Crippen LogP contribution in [0.3, 0.4) is 0 Å². The fourth-order valence-electron chi connectivity index (χ4n) is 2.55. The molecule has 0 aromatic carbocycles. The van der Waals surface area contributed by atoms with Crippen molar-refractivity contribution >= 4 is 22.8 Å². The number of hydrogen-bond donors (Lipinski definition) is 2. The largest absolute Gasteiger partial charge is 0.504 e. The summed E-state index contributed by atoms with van der Waals surface area (Å²) in [4.78, 5) is 21.1. The van der Waals surface area contributed by atoms with Gasteiger partial charge in [0.1, 0.15) is 0 Å². The summed E-state index contributed by atoms with van der Waals surface area (Å²) in [6.45, 7) is 1.76. The Morgan fingerprint density at radius 1 is 1.43 bits per heavy atom.